The molecule has 2 N–H and O–H groups in total. The molecule has 0 radical (unpaired) electrons. The molecule has 2 amide bonds. The van der Waals surface area contributed by atoms with Crippen molar-refractivity contribution in [2.24, 2.45) is 0 Å². The summed E-state index contributed by atoms with van der Waals surface area (Å²) in [5, 5.41) is 5.73. The first-order valence-corrected chi connectivity index (χ1v) is 9.46. The number of carbonyl (C=O) groups excluding carboxylic acids is 2. The van der Waals surface area contributed by atoms with Crippen molar-refractivity contribution >= 4 is 17.5 Å². The fourth-order valence-electron chi connectivity index (χ4n) is 2.79. The molecule has 0 aliphatic heterocycles. The molecular weight excluding hydrogens is 364 g/mol. The van der Waals surface area contributed by atoms with E-state index >= 15 is 0 Å². The van der Waals surface area contributed by atoms with Gasteiger partial charge >= 0.3 is 0 Å². The molecule has 0 saturated carbocycles. The van der Waals surface area contributed by atoms with Crippen LogP contribution in [0.3, 0.4) is 0 Å². The molecule has 0 bridgehead atoms. The van der Waals surface area contributed by atoms with Crippen LogP contribution < -0.4 is 15.4 Å². The van der Waals surface area contributed by atoms with Gasteiger partial charge in [0.2, 0.25) is 0 Å². The van der Waals surface area contributed by atoms with Crippen LogP contribution in [0.1, 0.15) is 34.5 Å². The Hall–Kier alpha value is -3.60. The van der Waals surface area contributed by atoms with Gasteiger partial charge in [0.05, 0.1) is 6.04 Å². The van der Waals surface area contributed by atoms with E-state index in [1.165, 1.54) is 0 Å². The summed E-state index contributed by atoms with van der Waals surface area (Å²) in [5.41, 5.74) is 3.30. The van der Waals surface area contributed by atoms with Crippen molar-refractivity contribution < 1.29 is 14.3 Å². The zero-order chi connectivity index (χ0) is 20.6. The Bertz CT molecular complexity index is 952. The van der Waals surface area contributed by atoms with Crippen molar-refractivity contribution in [3.63, 3.8) is 0 Å². The van der Waals surface area contributed by atoms with Crippen LogP contribution in [-0.4, -0.2) is 18.4 Å². The van der Waals surface area contributed by atoms with E-state index < -0.39 is 0 Å². The fourth-order valence-corrected chi connectivity index (χ4v) is 2.79. The molecular formula is C24H24N2O3. The molecule has 1 unspecified atom stereocenters. The third-order valence-electron chi connectivity index (χ3n) is 4.47. The van der Waals surface area contributed by atoms with Crippen LogP contribution in [0.2, 0.25) is 0 Å². The number of anilines is 1. The highest BCUT2D eigenvalue weighted by Gasteiger charge is 2.11. The number of aryl methyl sites for hydroxylation is 1. The van der Waals surface area contributed by atoms with Gasteiger partial charge < -0.3 is 15.4 Å². The molecule has 29 heavy (non-hydrogen) atoms. The Labute approximate surface area is 170 Å². The lowest BCUT2D eigenvalue weighted by Crippen LogP contribution is -2.26. The minimum atomic E-state index is -0.263. The number of ether oxygens (including phenoxy) is 1. The third-order valence-corrected chi connectivity index (χ3v) is 4.47. The van der Waals surface area contributed by atoms with E-state index in [1.54, 1.807) is 24.3 Å². The predicted molar refractivity (Wildman–Crippen MR) is 114 cm³/mol. The SMILES string of the molecule is Cc1ccc(OCC(=O)Nc2ccc(C(=O)NC(C)c3ccccc3)cc2)cc1. The smallest absolute Gasteiger partial charge is 0.262 e. The summed E-state index contributed by atoms with van der Waals surface area (Å²) in [6, 6.07) is 24.0. The summed E-state index contributed by atoms with van der Waals surface area (Å²) in [6.45, 7) is 3.85. The van der Waals surface area contributed by atoms with Crippen LogP contribution in [0.15, 0.2) is 78.9 Å². The van der Waals surface area contributed by atoms with Crippen LogP contribution in [0.25, 0.3) is 0 Å². The summed E-state index contributed by atoms with van der Waals surface area (Å²) < 4.78 is 5.47. The standard InChI is InChI=1S/C24H24N2O3/c1-17-8-14-22(15-9-17)29-16-23(27)26-21-12-10-20(11-13-21)24(28)25-18(2)19-6-4-3-5-7-19/h3-15,18H,16H2,1-2H3,(H,25,28)(H,26,27). The van der Waals surface area contributed by atoms with Gasteiger partial charge in [-0.25, -0.2) is 0 Å². The second-order valence-corrected chi connectivity index (χ2v) is 6.83. The molecule has 5 nitrogen and oxygen atoms in total. The van der Waals surface area contributed by atoms with Crippen LogP contribution in [0.5, 0.6) is 5.75 Å². The lowest BCUT2D eigenvalue weighted by Gasteiger charge is -2.14. The molecule has 0 aliphatic rings. The topological polar surface area (TPSA) is 67.4 Å². The Morgan fingerprint density at radius 1 is 0.897 bits per heavy atom. The molecule has 1 atom stereocenters. The molecule has 3 aromatic carbocycles. The molecule has 3 rings (SSSR count). The quantitative estimate of drug-likeness (QED) is 0.626. The molecule has 0 aromatic heterocycles. The van der Waals surface area contributed by atoms with E-state index in [0.717, 1.165) is 11.1 Å². The Morgan fingerprint density at radius 2 is 1.55 bits per heavy atom. The first kappa shape index (κ1) is 20.1. The van der Waals surface area contributed by atoms with Gasteiger partial charge in [-0.15, -0.1) is 0 Å². The van der Waals surface area contributed by atoms with Crippen LogP contribution in [-0.2, 0) is 4.79 Å². The zero-order valence-electron chi connectivity index (χ0n) is 16.5. The van der Waals surface area contributed by atoms with E-state index in [2.05, 4.69) is 10.6 Å². The summed E-state index contributed by atoms with van der Waals surface area (Å²) in [5.74, 6) is 0.215. The van der Waals surface area contributed by atoms with E-state index in [4.69, 9.17) is 4.74 Å². The lowest BCUT2D eigenvalue weighted by molar-refractivity contribution is -0.118. The van der Waals surface area contributed by atoms with Gasteiger partial charge in [0.1, 0.15) is 5.75 Å². The van der Waals surface area contributed by atoms with E-state index in [-0.39, 0.29) is 24.5 Å². The molecule has 148 valence electrons. The molecule has 3 aromatic rings. The summed E-state index contributed by atoms with van der Waals surface area (Å²) in [7, 11) is 0. The maximum atomic E-state index is 12.4. The van der Waals surface area contributed by atoms with Crippen molar-refractivity contribution in [2.45, 2.75) is 19.9 Å². The number of hydrogen-bond acceptors (Lipinski definition) is 3. The highest BCUT2D eigenvalue weighted by atomic mass is 16.5. The third kappa shape index (κ3) is 5.94. The van der Waals surface area contributed by atoms with Gasteiger partial charge in [-0.1, -0.05) is 48.0 Å². The Balaban J connectivity index is 1.50. The predicted octanol–water partition coefficient (Wildman–Crippen LogP) is 4.50. The van der Waals surface area contributed by atoms with Crippen molar-refractivity contribution in [1.82, 2.24) is 5.32 Å². The number of nitrogens with one attached hydrogen (secondary N) is 2. The second kappa shape index (κ2) is 9.55. The normalized spacial score (nSPS) is 11.4. The molecule has 0 fully saturated rings. The monoisotopic (exact) mass is 388 g/mol. The van der Waals surface area contributed by atoms with Crippen molar-refractivity contribution in [3.8, 4) is 5.75 Å². The number of benzene rings is 3. The van der Waals surface area contributed by atoms with Crippen molar-refractivity contribution in [2.75, 3.05) is 11.9 Å². The minimum absolute atomic E-state index is 0.0834. The largest absolute Gasteiger partial charge is 0.484 e. The summed E-state index contributed by atoms with van der Waals surface area (Å²) in [6.07, 6.45) is 0. The van der Waals surface area contributed by atoms with Crippen LogP contribution in [0, 0.1) is 6.92 Å². The number of amides is 2. The molecule has 5 heteroatoms. The second-order valence-electron chi connectivity index (χ2n) is 6.83. The number of rotatable bonds is 7. The fraction of sp³-hybridized carbons (Fsp3) is 0.167. The highest BCUT2D eigenvalue weighted by Crippen LogP contribution is 2.15. The number of hydrogen-bond donors (Lipinski definition) is 2. The summed E-state index contributed by atoms with van der Waals surface area (Å²) in [4.78, 5) is 24.5. The van der Waals surface area contributed by atoms with Gasteiger partial charge in [0.15, 0.2) is 6.61 Å². The Morgan fingerprint density at radius 3 is 2.21 bits per heavy atom. The molecule has 0 saturated heterocycles. The van der Waals surface area contributed by atoms with Gasteiger partial charge in [0.25, 0.3) is 11.8 Å². The van der Waals surface area contributed by atoms with E-state index in [1.807, 2.05) is 68.4 Å². The van der Waals surface area contributed by atoms with E-state index in [0.29, 0.717) is 17.0 Å². The maximum Gasteiger partial charge on any atom is 0.262 e. The van der Waals surface area contributed by atoms with Crippen molar-refractivity contribution in [3.05, 3.63) is 95.6 Å². The van der Waals surface area contributed by atoms with Crippen LogP contribution in [0.4, 0.5) is 5.69 Å². The molecule has 0 heterocycles. The zero-order valence-corrected chi connectivity index (χ0v) is 16.5. The van der Waals surface area contributed by atoms with Gasteiger partial charge in [-0.05, 0) is 55.8 Å². The van der Waals surface area contributed by atoms with Crippen LogP contribution >= 0.6 is 0 Å². The average molecular weight is 388 g/mol. The van der Waals surface area contributed by atoms with Gasteiger partial charge in [-0.3, -0.25) is 9.59 Å². The van der Waals surface area contributed by atoms with E-state index in [9.17, 15) is 9.59 Å². The van der Waals surface area contributed by atoms with Crippen molar-refractivity contribution in [1.29, 1.82) is 0 Å². The first-order valence-electron chi connectivity index (χ1n) is 9.46. The van der Waals surface area contributed by atoms with Gasteiger partial charge in [-0.2, -0.15) is 0 Å². The van der Waals surface area contributed by atoms with Gasteiger partial charge in [0, 0.05) is 11.3 Å². The Kier molecular flexibility index (Phi) is 6.63. The molecule has 0 spiro atoms. The summed E-state index contributed by atoms with van der Waals surface area (Å²) >= 11 is 0. The first-order chi connectivity index (χ1) is 14.0. The number of carbonyl (C=O) groups is 2. The maximum absolute atomic E-state index is 12.4. The lowest BCUT2D eigenvalue weighted by atomic mass is 10.1. The average Bonchev–Trinajstić information content (AvgIpc) is 2.74. The highest BCUT2D eigenvalue weighted by molar-refractivity contribution is 5.96. The molecule has 0 aliphatic carbocycles. The minimum Gasteiger partial charge on any atom is -0.484 e.